The summed E-state index contributed by atoms with van der Waals surface area (Å²) in [5.74, 6) is -0.795. The summed E-state index contributed by atoms with van der Waals surface area (Å²) in [6.45, 7) is 0.614. The van der Waals surface area contributed by atoms with E-state index in [1.807, 2.05) is 35.2 Å². The van der Waals surface area contributed by atoms with Gasteiger partial charge in [0.15, 0.2) is 6.04 Å². The molecule has 2 aromatic carbocycles. The van der Waals surface area contributed by atoms with Crippen LogP contribution in [0, 0.1) is 5.82 Å². The average molecular weight is 412 g/mol. The van der Waals surface area contributed by atoms with Crippen LogP contribution in [0.15, 0.2) is 58.2 Å². The molecule has 4 rings (SSSR count). The number of methoxy groups -OCH3 is 1. The first-order chi connectivity index (χ1) is 14.0. The minimum atomic E-state index is -0.669. The third-order valence-electron chi connectivity index (χ3n) is 5.27. The number of nitrogens with zero attached hydrogens (tertiary/aromatic N) is 2. The van der Waals surface area contributed by atoms with Crippen molar-refractivity contribution in [1.29, 1.82) is 0 Å². The number of carbonyl (C=O) groups is 1. The number of aromatic nitrogens is 2. The Balaban J connectivity index is 2.03. The Morgan fingerprint density at radius 2 is 1.93 bits per heavy atom. The van der Waals surface area contributed by atoms with Crippen molar-refractivity contribution in [1.82, 2.24) is 9.36 Å². The zero-order chi connectivity index (χ0) is 20.5. The van der Waals surface area contributed by atoms with Crippen LogP contribution in [0.5, 0.6) is 0 Å². The fourth-order valence-corrected chi connectivity index (χ4v) is 4.40. The van der Waals surface area contributed by atoms with E-state index < -0.39 is 12.0 Å². The van der Waals surface area contributed by atoms with Crippen LogP contribution in [0.4, 0.5) is 4.39 Å². The van der Waals surface area contributed by atoms with E-state index in [2.05, 4.69) is 0 Å². The first kappa shape index (κ1) is 19.5. The largest absolute Gasteiger partial charge is 0.467 e. The molecule has 0 bridgehead atoms. The standard InChI is InChI=1S/C22H21FN2O3S/c1-28-22(27)18-7-4-12-24-20(15-5-3-6-17(13-15)29-2)19(21(26)25(18)24)14-8-10-16(23)11-9-14/h3,5-6,8-11,13,18H,4,7,12H2,1-2H3. The van der Waals surface area contributed by atoms with E-state index in [1.165, 1.54) is 23.9 Å². The molecule has 5 nitrogen and oxygen atoms in total. The molecule has 7 heteroatoms. The number of halogens is 1. The number of carbonyl (C=O) groups excluding carboxylic acids is 1. The van der Waals surface area contributed by atoms with Gasteiger partial charge in [0.2, 0.25) is 0 Å². The zero-order valence-corrected chi connectivity index (χ0v) is 17.0. The zero-order valence-electron chi connectivity index (χ0n) is 16.2. The molecule has 1 aromatic heterocycles. The molecule has 0 radical (unpaired) electrons. The number of fused-ring (bicyclic) bond motifs is 1. The van der Waals surface area contributed by atoms with Gasteiger partial charge in [-0.2, -0.15) is 0 Å². The monoisotopic (exact) mass is 412 g/mol. The van der Waals surface area contributed by atoms with Crippen LogP contribution >= 0.6 is 11.8 Å². The van der Waals surface area contributed by atoms with Crippen molar-refractivity contribution in [2.24, 2.45) is 0 Å². The molecule has 150 valence electrons. The minimum Gasteiger partial charge on any atom is -0.467 e. The van der Waals surface area contributed by atoms with E-state index in [9.17, 15) is 14.0 Å². The highest BCUT2D eigenvalue weighted by Gasteiger charge is 2.33. The van der Waals surface area contributed by atoms with Crippen LogP contribution in [-0.4, -0.2) is 28.7 Å². The van der Waals surface area contributed by atoms with Crippen LogP contribution in [0.1, 0.15) is 18.9 Å². The fourth-order valence-electron chi connectivity index (χ4n) is 3.94. The summed E-state index contributed by atoms with van der Waals surface area (Å²) in [7, 11) is 1.33. The molecule has 1 unspecified atom stereocenters. The normalized spacial score (nSPS) is 15.8. The minimum absolute atomic E-state index is 0.267. The molecule has 3 aromatic rings. The van der Waals surface area contributed by atoms with Crippen LogP contribution in [0.3, 0.4) is 0 Å². The van der Waals surface area contributed by atoms with Crippen molar-refractivity contribution in [3.63, 3.8) is 0 Å². The average Bonchev–Trinajstić information content (AvgIpc) is 3.06. The lowest BCUT2D eigenvalue weighted by molar-refractivity contribution is -0.146. The van der Waals surface area contributed by atoms with Gasteiger partial charge in [-0.3, -0.25) is 9.48 Å². The highest BCUT2D eigenvalue weighted by atomic mass is 32.2. The van der Waals surface area contributed by atoms with Gasteiger partial charge >= 0.3 is 5.97 Å². The summed E-state index contributed by atoms with van der Waals surface area (Å²) in [5, 5.41) is 0. The Morgan fingerprint density at radius 3 is 2.62 bits per heavy atom. The van der Waals surface area contributed by atoms with Crippen molar-refractivity contribution >= 4 is 17.7 Å². The topological polar surface area (TPSA) is 53.2 Å². The molecule has 0 spiro atoms. The van der Waals surface area contributed by atoms with Crippen LogP contribution in [0.2, 0.25) is 0 Å². The summed E-state index contributed by atoms with van der Waals surface area (Å²) in [6.07, 6.45) is 3.30. The van der Waals surface area contributed by atoms with Crippen LogP contribution < -0.4 is 5.56 Å². The van der Waals surface area contributed by atoms with E-state index in [4.69, 9.17) is 4.74 Å². The number of esters is 1. The Labute approximate surface area is 172 Å². The number of benzene rings is 2. The molecule has 29 heavy (non-hydrogen) atoms. The molecule has 0 amide bonds. The van der Waals surface area contributed by atoms with E-state index in [-0.39, 0.29) is 11.4 Å². The molecule has 1 aliphatic rings. The Bertz CT molecular complexity index is 1120. The van der Waals surface area contributed by atoms with Crippen LogP contribution in [0.25, 0.3) is 22.4 Å². The lowest BCUT2D eigenvalue weighted by Crippen LogP contribution is -2.36. The number of thioether (sulfide) groups is 1. The predicted molar refractivity (Wildman–Crippen MR) is 112 cm³/mol. The molecule has 0 aliphatic carbocycles. The van der Waals surface area contributed by atoms with Crippen molar-refractivity contribution < 1.29 is 13.9 Å². The highest BCUT2D eigenvalue weighted by molar-refractivity contribution is 7.98. The summed E-state index contributed by atoms with van der Waals surface area (Å²) in [6, 6.07) is 13.2. The van der Waals surface area contributed by atoms with E-state index >= 15 is 0 Å². The lowest BCUT2D eigenvalue weighted by Gasteiger charge is -2.26. The number of hydrogen-bond acceptors (Lipinski definition) is 4. The number of rotatable bonds is 4. The van der Waals surface area contributed by atoms with E-state index in [0.717, 1.165) is 22.6 Å². The summed E-state index contributed by atoms with van der Waals surface area (Å²) in [5.41, 5.74) is 2.46. The van der Waals surface area contributed by atoms with Gasteiger partial charge in [0.25, 0.3) is 5.56 Å². The second-order valence-electron chi connectivity index (χ2n) is 6.92. The highest BCUT2D eigenvalue weighted by Crippen LogP contribution is 2.35. The second kappa shape index (κ2) is 7.91. The quantitative estimate of drug-likeness (QED) is 0.472. The molecule has 0 saturated carbocycles. The Kier molecular flexibility index (Phi) is 5.32. The predicted octanol–water partition coefficient (Wildman–Crippen LogP) is 4.35. The smallest absolute Gasteiger partial charge is 0.330 e. The third-order valence-corrected chi connectivity index (χ3v) is 5.99. The van der Waals surface area contributed by atoms with Gasteiger partial charge in [-0.05, 0) is 48.9 Å². The summed E-state index contributed by atoms with van der Waals surface area (Å²) in [4.78, 5) is 27.0. The van der Waals surface area contributed by atoms with E-state index in [0.29, 0.717) is 24.1 Å². The number of hydrogen-bond donors (Lipinski definition) is 0. The van der Waals surface area contributed by atoms with Crippen molar-refractivity contribution in [3.8, 4) is 22.4 Å². The molecule has 1 aliphatic heterocycles. The van der Waals surface area contributed by atoms with Gasteiger partial charge in [0.1, 0.15) is 5.82 Å². The second-order valence-corrected chi connectivity index (χ2v) is 7.80. The van der Waals surface area contributed by atoms with E-state index in [1.54, 1.807) is 23.9 Å². The molecule has 2 heterocycles. The molecular formula is C22H21FN2O3S. The van der Waals surface area contributed by atoms with Gasteiger partial charge in [0, 0.05) is 17.0 Å². The van der Waals surface area contributed by atoms with Crippen molar-refractivity contribution in [2.75, 3.05) is 13.4 Å². The van der Waals surface area contributed by atoms with Gasteiger partial charge in [-0.25, -0.2) is 13.9 Å². The van der Waals surface area contributed by atoms with Crippen LogP contribution in [-0.2, 0) is 16.1 Å². The first-order valence-electron chi connectivity index (χ1n) is 9.38. The molecule has 0 saturated heterocycles. The SMILES string of the molecule is COC(=O)C1CCCn2c(-c3cccc(SC)c3)c(-c3ccc(F)cc3)c(=O)n21. The molecule has 1 atom stereocenters. The fraction of sp³-hybridized carbons (Fsp3) is 0.273. The maximum atomic E-state index is 13.5. The lowest BCUT2D eigenvalue weighted by atomic mass is 10.0. The molecule has 0 N–H and O–H groups in total. The summed E-state index contributed by atoms with van der Waals surface area (Å²) < 4.78 is 21.9. The first-order valence-corrected chi connectivity index (χ1v) is 10.6. The Morgan fingerprint density at radius 1 is 1.17 bits per heavy atom. The number of ether oxygens (including phenoxy) is 1. The summed E-state index contributed by atoms with van der Waals surface area (Å²) >= 11 is 1.62. The maximum Gasteiger partial charge on any atom is 0.330 e. The van der Waals surface area contributed by atoms with Gasteiger partial charge in [-0.15, -0.1) is 11.8 Å². The Hall–Kier alpha value is -2.80. The third kappa shape index (κ3) is 3.40. The molecular weight excluding hydrogens is 391 g/mol. The molecule has 0 fully saturated rings. The maximum absolute atomic E-state index is 13.5. The van der Waals surface area contributed by atoms with Gasteiger partial charge < -0.3 is 4.74 Å². The van der Waals surface area contributed by atoms with Crippen molar-refractivity contribution in [2.45, 2.75) is 30.3 Å². The van der Waals surface area contributed by atoms with Gasteiger partial charge in [0.05, 0.1) is 18.4 Å². The van der Waals surface area contributed by atoms with Gasteiger partial charge in [-0.1, -0.05) is 24.3 Å². The van der Waals surface area contributed by atoms with Crippen molar-refractivity contribution in [3.05, 3.63) is 64.7 Å².